The fraction of sp³-hybridized carbons (Fsp3) is 0.500. The van der Waals surface area contributed by atoms with Crippen molar-refractivity contribution in [3.05, 3.63) is 42.0 Å². The topological polar surface area (TPSA) is 29.5 Å². The Bertz CT molecular complexity index is 734. The number of likely N-dealkylation sites (N-methyl/N-ethyl adjacent to an activating group) is 1. The molecule has 1 atom stereocenters. The molecule has 1 fully saturated rings. The number of benzene rings is 2. The first-order valence-corrected chi connectivity index (χ1v) is 9.52. The van der Waals surface area contributed by atoms with Gasteiger partial charge in [0.25, 0.3) is 0 Å². The standard InChI is InChI=1S/C22H29NO2/c1-4-23(20-8-6-5-7-9-20)22(24)16(2)17-10-11-19-15-21(25-3)13-12-18(19)14-17/h10-16,20H,4-9H2,1-3H3/t16-/m0/s1. The monoisotopic (exact) mass is 339 g/mol. The molecule has 2 aromatic rings. The number of carbonyl (C=O) groups is 1. The van der Waals surface area contributed by atoms with Crippen molar-refractivity contribution in [3.8, 4) is 5.75 Å². The summed E-state index contributed by atoms with van der Waals surface area (Å²) in [5, 5.41) is 2.29. The van der Waals surface area contributed by atoms with Gasteiger partial charge in [-0.15, -0.1) is 0 Å². The molecule has 2 aromatic carbocycles. The Balaban J connectivity index is 1.81. The van der Waals surface area contributed by atoms with Gasteiger partial charge in [-0.1, -0.05) is 43.5 Å². The molecule has 134 valence electrons. The van der Waals surface area contributed by atoms with Crippen LogP contribution in [-0.2, 0) is 4.79 Å². The van der Waals surface area contributed by atoms with E-state index in [1.165, 1.54) is 19.3 Å². The first kappa shape index (κ1) is 17.8. The molecule has 0 bridgehead atoms. The van der Waals surface area contributed by atoms with Crippen molar-refractivity contribution in [2.45, 2.75) is 57.9 Å². The van der Waals surface area contributed by atoms with Gasteiger partial charge in [0.15, 0.2) is 0 Å². The molecule has 0 spiro atoms. The molecule has 0 N–H and O–H groups in total. The summed E-state index contributed by atoms with van der Waals surface area (Å²) in [6.07, 6.45) is 6.13. The molecule has 0 radical (unpaired) electrons. The number of amides is 1. The highest BCUT2D eigenvalue weighted by Crippen LogP contribution is 2.29. The zero-order valence-electron chi connectivity index (χ0n) is 15.6. The van der Waals surface area contributed by atoms with Gasteiger partial charge < -0.3 is 9.64 Å². The molecule has 0 aromatic heterocycles. The van der Waals surface area contributed by atoms with Crippen molar-refractivity contribution >= 4 is 16.7 Å². The number of hydrogen-bond donors (Lipinski definition) is 0. The van der Waals surface area contributed by atoms with Gasteiger partial charge in [0.05, 0.1) is 13.0 Å². The molecule has 0 heterocycles. The molecule has 3 heteroatoms. The Labute approximate surface area is 151 Å². The summed E-state index contributed by atoms with van der Waals surface area (Å²) < 4.78 is 5.29. The van der Waals surface area contributed by atoms with Crippen molar-refractivity contribution in [2.24, 2.45) is 0 Å². The lowest BCUT2D eigenvalue weighted by atomic mass is 9.91. The summed E-state index contributed by atoms with van der Waals surface area (Å²) in [6, 6.07) is 12.8. The van der Waals surface area contributed by atoms with Crippen molar-refractivity contribution < 1.29 is 9.53 Å². The molecular formula is C22H29NO2. The van der Waals surface area contributed by atoms with E-state index >= 15 is 0 Å². The Morgan fingerprint density at radius 2 is 1.80 bits per heavy atom. The van der Waals surface area contributed by atoms with Crippen LogP contribution in [0.2, 0.25) is 0 Å². The zero-order chi connectivity index (χ0) is 17.8. The predicted molar refractivity (Wildman–Crippen MR) is 103 cm³/mol. The van der Waals surface area contributed by atoms with Crippen LogP contribution in [0.4, 0.5) is 0 Å². The molecule has 0 unspecified atom stereocenters. The van der Waals surface area contributed by atoms with Gasteiger partial charge >= 0.3 is 0 Å². The Hall–Kier alpha value is -2.03. The molecule has 3 nitrogen and oxygen atoms in total. The van der Waals surface area contributed by atoms with Gasteiger partial charge in [0, 0.05) is 12.6 Å². The van der Waals surface area contributed by atoms with Crippen LogP contribution in [0.3, 0.4) is 0 Å². The number of ether oxygens (including phenoxy) is 1. The lowest BCUT2D eigenvalue weighted by Crippen LogP contribution is -2.43. The SMILES string of the molecule is CCN(C(=O)[C@@H](C)c1ccc2cc(OC)ccc2c1)C1CCCCC1. The summed E-state index contributed by atoms with van der Waals surface area (Å²) >= 11 is 0. The van der Waals surface area contributed by atoms with E-state index in [1.807, 2.05) is 19.1 Å². The second kappa shape index (κ2) is 7.90. The number of fused-ring (bicyclic) bond motifs is 1. The largest absolute Gasteiger partial charge is 0.497 e. The van der Waals surface area contributed by atoms with E-state index < -0.39 is 0 Å². The number of nitrogens with zero attached hydrogens (tertiary/aromatic N) is 1. The highest BCUT2D eigenvalue weighted by Gasteiger charge is 2.28. The normalized spacial score (nSPS) is 16.6. The van der Waals surface area contributed by atoms with Gasteiger partial charge in [-0.3, -0.25) is 4.79 Å². The van der Waals surface area contributed by atoms with Gasteiger partial charge in [0.1, 0.15) is 5.75 Å². The molecule has 1 aliphatic rings. The van der Waals surface area contributed by atoms with E-state index in [-0.39, 0.29) is 11.8 Å². The van der Waals surface area contributed by atoms with Crippen LogP contribution in [0.1, 0.15) is 57.4 Å². The maximum atomic E-state index is 13.1. The van der Waals surface area contributed by atoms with Crippen LogP contribution in [0, 0.1) is 0 Å². The first-order chi connectivity index (χ1) is 12.1. The van der Waals surface area contributed by atoms with E-state index in [4.69, 9.17) is 4.74 Å². The fourth-order valence-corrected chi connectivity index (χ4v) is 4.02. The third-order valence-corrected chi connectivity index (χ3v) is 5.58. The van der Waals surface area contributed by atoms with Crippen molar-refractivity contribution in [3.63, 3.8) is 0 Å². The van der Waals surface area contributed by atoms with Crippen LogP contribution in [-0.4, -0.2) is 30.5 Å². The van der Waals surface area contributed by atoms with Crippen LogP contribution < -0.4 is 4.74 Å². The number of carbonyl (C=O) groups excluding carboxylic acids is 1. The lowest BCUT2D eigenvalue weighted by Gasteiger charge is -2.35. The smallest absolute Gasteiger partial charge is 0.230 e. The molecule has 3 rings (SSSR count). The lowest BCUT2D eigenvalue weighted by molar-refractivity contribution is -0.135. The van der Waals surface area contributed by atoms with Crippen LogP contribution in [0.15, 0.2) is 36.4 Å². The van der Waals surface area contributed by atoms with E-state index in [9.17, 15) is 4.79 Å². The fourth-order valence-electron chi connectivity index (χ4n) is 4.02. The summed E-state index contributed by atoms with van der Waals surface area (Å²) in [5.74, 6) is 1.02. The Kier molecular flexibility index (Phi) is 5.62. The summed E-state index contributed by atoms with van der Waals surface area (Å²) in [5.41, 5.74) is 1.09. The number of methoxy groups -OCH3 is 1. The van der Waals surface area contributed by atoms with Crippen molar-refractivity contribution in [2.75, 3.05) is 13.7 Å². The van der Waals surface area contributed by atoms with Crippen LogP contribution in [0.5, 0.6) is 5.75 Å². The second-order valence-electron chi connectivity index (χ2n) is 7.11. The summed E-state index contributed by atoms with van der Waals surface area (Å²) in [4.78, 5) is 15.2. The zero-order valence-corrected chi connectivity index (χ0v) is 15.6. The first-order valence-electron chi connectivity index (χ1n) is 9.52. The van der Waals surface area contributed by atoms with Gasteiger partial charge in [-0.2, -0.15) is 0 Å². The highest BCUT2D eigenvalue weighted by molar-refractivity contribution is 5.88. The summed E-state index contributed by atoms with van der Waals surface area (Å²) in [6.45, 7) is 4.95. The number of hydrogen-bond acceptors (Lipinski definition) is 2. The minimum absolute atomic E-state index is 0.103. The predicted octanol–water partition coefficient (Wildman–Crippen LogP) is 5.13. The Morgan fingerprint density at radius 3 is 2.48 bits per heavy atom. The minimum Gasteiger partial charge on any atom is -0.497 e. The van der Waals surface area contributed by atoms with Gasteiger partial charge in [-0.25, -0.2) is 0 Å². The number of rotatable bonds is 5. The second-order valence-corrected chi connectivity index (χ2v) is 7.11. The third-order valence-electron chi connectivity index (χ3n) is 5.58. The molecule has 1 aliphatic carbocycles. The van der Waals surface area contributed by atoms with E-state index in [0.29, 0.717) is 6.04 Å². The van der Waals surface area contributed by atoms with Crippen LogP contribution >= 0.6 is 0 Å². The summed E-state index contributed by atoms with van der Waals surface area (Å²) in [7, 11) is 1.68. The molecule has 25 heavy (non-hydrogen) atoms. The van der Waals surface area contributed by atoms with Crippen molar-refractivity contribution in [1.29, 1.82) is 0 Å². The van der Waals surface area contributed by atoms with Crippen LogP contribution in [0.25, 0.3) is 10.8 Å². The van der Waals surface area contributed by atoms with E-state index in [1.54, 1.807) is 7.11 Å². The average Bonchev–Trinajstić information content (AvgIpc) is 2.67. The van der Waals surface area contributed by atoms with Gasteiger partial charge in [-0.05, 0) is 55.2 Å². The third kappa shape index (κ3) is 3.81. The highest BCUT2D eigenvalue weighted by atomic mass is 16.5. The minimum atomic E-state index is -0.103. The maximum absolute atomic E-state index is 13.1. The van der Waals surface area contributed by atoms with Gasteiger partial charge in [0.2, 0.25) is 5.91 Å². The average molecular weight is 339 g/mol. The molecule has 0 saturated heterocycles. The quantitative estimate of drug-likeness (QED) is 0.755. The maximum Gasteiger partial charge on any atom is 0.230 e. The molecular weight excluding hydrogens is 310 g/mol. The Morgan fingerprint density at radius 1 is 1.12 bits per heavy atom. The molecule has 0 aliphatic heterocycles. The van der Waals surface area contributed by atoms with E-state index in [0.717, 1.165) is 41.5 Å². The molecule has 1 saturated carbocycles. The molecule has 1 amide bonds. The van der Waals surface area contributed by atoms with E-state index in [2.05, 4.69) is 36.1 Å². The van der Waals surface area contributed by atoms with Crippen molar-refractivity contribution in [1.82, 2.24) is 4.90 Å².